The minimum absolute atomic E-state index is 0.0411. The van der Waals surface area contributed by atoms with Crippen LogP contribution in [0.15, 0.2) is 18.2 Å². The highest BCUT2D eigenvalue weighted by molar-refractivity contribution is 5.81. The predicted octanol–water partition coefficient (Wildman–Crippen LogP) is 2.64. The molecule has 31 heavy (non-hydrogen) atoms. The number of carbonyl (C=O) groups is 4. The van der Waals surface area contributed by atoms with Crippen LogP contribution in [0, 0.1) is 0 Å². The average molecular weight is 441 g/mol. The molecule has 0 saturated carbocycles. The van der Waals surface area contributed by atoms with Crippen LogP contribution in [0.5, 0.6) is 11.5 Å². The second-order valence-corrected chi connectivity index (χ2v) is 6.55. The molecular formula is C20H27NO10. The van der Waals surface area contributed by atoms with E-state index in [1.165, 1.54) is 18.2 Å². The maximum atomic E-state index is 12.0. The van der Waals surface area contributed by atoms with Gasteiger partial charge in [-0.25, -0.2) is 14.4 Å². The fourth-order valence-electron chi connectivity index (χ4n) is 2.60. The Morgan fingerprint density at radius 3 is 2.00 bits per heavy atom. The van der Waals surface area contributed by atoms with E-state index in [1.54, 1.807) is 27.7 Å². The van der Waals surface area contributed by atoms with Crippen LogP contribution in [-0.4, -0.2) is 54.3 Å². The number of hydrogen-bond acceptors (Lipinski definition) is 10. The van der Waals surface area contributed by atoms with Gasteiger partial charge in [-0.3, -0.25) is 10.1 Å². The maximum Gasteiger partial charge on any atom is 0.513 e. The van der Waals surface area contributed by atoms with Crippen molar-refractivity contribution >= 4 is 24.2 Å². The molecule has 1 aromatic carbocycles. The summed E-state index contributed by atoms with van der Waals surface area (Å²) in [6.45, 7) is 7.73. The quantitative estimate of drug-likeness (QED) is 0.239. The summed E-state index contributed by atoms with van der Waals surface area (Å²) in [5, 5.41) is 12.5. The lowest BCUT2D eigenvalue weighted by Crippen LogP contribution is -2.59. The van der Waals surface area contributed by atoms with Gasteiger partial charge in [0.2, 0.25) is 0 Å². The molecule has 0 heterocycles. The van der Waals surface area contributed by atoms with Gasteiger partial charge in [-0.05, 0) is 45.4 Å². The molecule has 0 spiro atoms. The fourth-order valence-corrected chi connectivity index (χ4v) is 2.60. The fraction of sp³-hybridized carbons (Fsp3) is 0.500. The van der Waals surface area contributed by atoms with Crippen molar-refractivity contribution in [3.8, 4) is 11.5 Å². The van der Waals surface area contributed by atoms with Crippen LogP contribution in [0.3, 0.4) is 0 Å². The van der Waals surface area contributed by atoms with Crippen LogP contribution in [0.1, 0.15) is 40.2 Å². The molecule has 0 unspecified atom stereocenters. The molecule has 11 heteroatoms. The summed E-state index contributed by atoms with van der Waals surface area (Å²) in [7, 11) is 0. The third-order valence-electron chi connectivity index (χ3n) is 3.56. The molecule has 1 rings (SSSR count). The molecule has 1 aromatic rings. The van der Waals surface area contributed by atoms with Crippen LogP contribution in [0.2, 0.25) is 0 Å². The number of benzene rings is 1. The number of hydrogen-bond donors (Lipinski definition) is 2. The molecular weight excluding hydrogens is 414 g/mol. The Bertz CT molecular complexity index is 807. The van der Waals surface area contributed by atoms with Crippen LogP contribution in [-0.2, 0) is 30.2 Å². The van der Waals surface area contributed by atoms with E-state index in [0.717, 1.165) is 6.92 Å². The van der Waals surface area contributed by atoms with E-state index in [9.17, 15) is 24.3 Å². The second kappa shape index (κ2) is 11.7. The third-order valence-corrected chi connectivity index (χ3v) is 3.56. The van der Waals surface area contributed by atoms with Gasteiger partial charge in [-0.2, -0.15) is 0 Å². The first-order chi connectivity index (χ1) is 14.5. The lowest BCUT2D eigenvalue weighted by molar-refractivity contribution is -0.182. The molecule has 0 radical (unpaired) electrons. The maximum absolute atomic E-state index is 12.0. The summed E-state index contributed by atoms with van der Waals surface area (Å²) < 4.78 is 24.6. The summed E-state index contributed by atoms with van der Waals surface area (Å²) in [6, 6.07) is 3.64. The number of esters is 1. The van der Waals surface area contributed by atoms with Gasteiger partial charge in [0.1, 0.15) is 0 Å². The van der Waals surface area contributed by atoms with E-state index in [1.807, 2.05) is 0 Å². The summed E-state index contributed by atoms with van der Waals surface area (Å²) in [4.78, 5) is 47.0. The number of carboxylic acid groups (broad SMARTS) is 1. The number of carbonyl (C=O) groups excluding carboxylic acids is 3. The summed E-state index contributed by atoms with van der Waals surface area (Å²) in [6.07, 6.45) is -2.40. The minimum atomic E-state index is -2.08. The van der Waals surface area contributed by atoms with Crippen molar-refractivity contribution in [1.82, 2.24) is 5.32 Å². The van der Waals surface area contributed by atoms with Gasteiger partial charge >= 0.3 is 24.2 Å². The second-order valence-electron chi connectivity index (χ2n) is 6.55. The molecule has 11 nitrogen and oxygen atoms in total. The Balaban J connectivity index is 3.35. The average Bonchev–Trinajstić information content (AvgIpc) is 2.63. The molecule has 0 aliphatic heterocycles. The number of carboxylic acids is 1. The van der Waals surface area contributed by atoms with Gasteiger partial charge < -0.3 is 28.8 Å². The van der Waals surface area contributed by atoms with Gasteiger partial charge in [0.05, 0.1) is 13.2 Å². The van der Waals surface area contributed by atoms with E-state index in [2.05, 4.69) is 5.32 Å². The van der Waals surface area contributed by atoms with Crippen LogP contribution < -0.4 is 14.8 Å². The molecule has 0 aliphatic rings. The van der Waals surface area contributed by atoms with Crippen LogP contribution in [0.4, 0.5) is 9.59 Å². The van der Waals surface area contributed by atoms with Crippen LogP contribution in [0.25, 0.3) is 0 Å². The largest absolute Gasteiger partial charge is 0.513 e. The SMILES string of the molecule is CCOC(=O)Oc1ccc(C[C@](NC(C)C)(OC(C)=O)C(=O)O)cc1OC(=O)OCC. The summed E-state index contributed by atoms with van der Waals surface area (Å²) in [5.74, 6) is -2.59. The van der Waals surface area contributed by atoms with Crippen molar-refractivity contribution in [2.24, 2.45) is 0 Å². The molecule has 0 bridgehead atoms. The highest BCUT2D eigenvalue weighted by Crippen LogP contribution is 2.31. The highest BCUT2D eigenvalue weighted by Gasteiger charge is 2.43. The first-order valence-electron chi connectivity index (χ1n) is 9.55. The normalized spacial score (nSPS) is 12.5. The lowest BCUT2D eigenvalue weighted by Gasteiger charge is -2.32. The number of ether oxygens (including phenoxy) is 5. The van der Waals surface area contributed by atoms with Crippen molar-refractivity contribution in [1.29, 1.82) is 0 Å². The zero-order valence-electron chi connectivity index (χ0n) is 18.1. The van der Waals surface area contributed by atoms with E-state index in [-0.39, 0.29) is 37.2 Å². The molecule has 0 aromatic heterocycles. The predicted molar refractivity (Wildman–Crippen MR) is 106 cm³/mol. The van der Waals surface area contributed by atoms with Crippen molar-refractivity contribution < 1.29 is 48.0 Å². The van der Waals surface area contributed by atoms with Gasteiger partial charge in [-0.1, -0.05) is 6.07 Å². The standard InChI is InChI=1S/C20H27NO10/c1-6-27-18(25)29-15-9-8-14(10-16(15)30-19(26)28-7-2)11-20(17(23)24,21-12(3)4)31-13(5)22/h8-10,12,21H,6-7,11H2,1-5H3,(H,23,24)/t20-/m0/s1. The Hall–Kier alpha value is -3.34. The Labute approximate surface area is 179 Å². The Kier molecular flexibility index (Phi) is 9.74. The topological polar surface area (TPSA) is 147 Å². The molecule has 0 fully saturated rings. The van der Waals surface area contributed by atoms with Crippen molar-refractivity contribution in [2.75, 3.05) is 13.2 Å². The van der Waals surface area contributed by atoms with E-state index in [4.69, 9.17) is 23.7 Å². The van der Waals surface area contributed by atoms with Gasteiger partial charge in [0.25, 0.3) is 5.72 Å². The van der Waals surface area contributed by atoms with Crippen molar-refractivity contribution in [2.45, 2.75) is 52.8 Å². The summed E-state index contributed by atoms with van der Waals surface area (Å²) >= 11 is 0. The molecule has 172 valence electrons. The number of rotatable bonds is 10. The molecule has 0 saturated heterocycles. The van der Waals surface area contributed by atoms with Gasteiger partial charge in [0, 0.05) is 19.4 Å². The highest BCUT2D eigenvalue weighted by atomic mass is 16.7. The van der Waals surface area contributed by atoms with E-state index in [0.29, 0.717) is 5.56 Å². The first kappa shape index (κ1) is 25.7. The zero-order chi connectivity index (χ0) is 23.6. The number of nitrogens with one attached hydrogen (secondary N) is 1. The molecule has 1 atom stereocenters. The first-order valence-corrected chi connectivity index (χ1v) is 9.55. The van der Waals surface area contributed by atoms with E-state index < -0.39 is 30.0 Å². The number of aliphatic carboxylic acids is 1. The molecule has 2 N–H and O–H groups in total. The van der Waals surface area contributed by atoms with E-state index >= 15 is 0 Å². The zero-order valence-corrected chi connectivity index (χ0v) is 18.1. The monoisotopic (exact) mass is 441 g/mol. The van der Waals surface area contributed by atoms with Crippen molar-refractivity contribution in [3.63, 3.8) is 0 Å². The molecule has 0 amide bonds. The smallest absolute Gasteiger partial charge is 0.477 e. The third kappa shape index (κ3) is 8.13. The van der Waals surface area contributed by atoms with Crippen LogP contribution >= 0.6 is 0 Å². The summed E-state index contributed by atoms with van der Waals surface area (Å²) in [5.41, 5.74) is -1.78. The Morgan fingerprint density at radius 1 is 1.00 bits per heavy atom. The lowest BCUT2D eigenvalue weighted by atomic mass is 10.0. The van der Waals surface area contributed by atoms with Crippen molar-refractivity contribution in [3.05, 3.63) is 23.8 Å². The minimum Gasteiger partial charge on any atom is -0.477 e. The van der Waals surface area contributed by atoms with Gasteiger partial charge in [-0.15, -0.1) is 0 Å². The molecule has 0 aliphatic carbocycles. The van der Waals surface area contributed by atoms with Gasteiger partial charge in [0.15, 0.2) is 11.5 Å². The Morgan fingerprint density at radius 2 is 1.55 bits per heavy atom.